The summed E-state index contributed by atoms with van der Waals surface area (Å²) in [6.45, 7) is 5.84. The van der Waals surface area contributed by atoms with Crippen LogP contribution in [0.2, 0.25) is 0 Å². The third kappa shape index (κ3) is 3.28. The highest BCUT2D eigenvalue weighted by Crippen LogP contribution is 1.75. The van der Waals surface area contributed by atoms with E-state index in [0.717, 1.165) is 5.71 Å². The van der Waals surface area contributed by atoms with E-state index in [-0.39, 0.29) is 0 Å². The van der Waals surface area contributed by atoms with Gasteiger partial charge in [-0.25, -0.2) is 0 Å². The van der Waals surface area contributed by atoms with Crippen LogP contribution in [0.25, 0.3) is 0 Å². The molecule has 0 heterocycles. The summed E-state index contributed by atoms with van der Waals surface area (Å²) in [4.78, 5) is 3.92. The lowest BCUT2D eigenvalue weighted by Crippen LogP contribution is -1.86. The fourth-order valence-electron chi connectivity index (χ4n) is 0.254. The van der Waals surface area contributed by atoms with Crippen molar-refractivity contribution in [1.29, 1.82) is 5.41 Å². The number of allylic oxidation sites excluding steroid dienone is 1. The van der Waals surface area contributed by atoms with E-state index in [0.29, 0.717) is 6.54 Å². The van der Waals surface area contributed by atoms with Crippen LogP contribution >= 0.6 is 0 Å². The molecular weight excluding hydrogens is 100 g/mol. The highest BCUT2D eigenvalue weighted by molar-refractivity contribution is 5.92. The molecule has 0 aromatic rings. The molecule has 0 saturated heterocycles. The Balaban J connectivity index is 3.56. The van der Waals surface area contributed by atoms with Crippen molar-refractivity contribution in [2.24, 2.45) is 4.99 Å². The molecule has 0 amide bonds. The summed E-state index contributed by atoms with van der Waals surface area (Å²) < 4.78 is 0. The predicted molar refractivity (Wildman–Crippen MR) is 37.0 cm³/mol. The van der Waals surface area contributed by atoms with Gasteiger partial charge in [-0.1, -0.05) is 6.58 Å². The first-order chi connectivity index (χ1) is 3.81. The second-order valence-electron chi connectivity index (χ2n) is 1.39. The highest BCUT2D eigenvalue weighted by Gasteiger charge is 1.75. The van der Waals surface area contributed by atoms with E-state index < -0.39 is 0 Å². The minimum absolute atomic E-state index is 0.470. The summed E-state index contributed by atoms with van der Waals surface area (Å²) in [5, 5.41) is 6.60. The lowest BCUT2D eigenvalue weighted by molar-refractivity contribution is 1.29. The monoisotopic (exact) mass is 110 g/mol. The van der Waals surface area contributed by atoms with Crippen molar-refractivity contribution in [3.63, 3.8) is 0 Å². The first-order valence-corrected chi connectivity index (χ1v) is 2.43. The fourth-order valence-corrected chi connectivity index (χ4v) is 0.254. The van der Waals surface area contributed by atoms with Gasteiger partial charge in [0.05, 0.1) is 6.54 Å². The van der Waals surface area contributed by atoms with E-state index in [1.165, 1.54) is 6.21 Å². The van der Waals surface area contributed by atoms with Crippen LogP contribution < -0.4 is 0 Å². The molecule has 0 radical (unpaired) electrons. The molecule has 0 saturated carbocycles. The standard InChI is InChI=1S/C6H10N2/c1-3-6(2)8-5-4-7/h3-4,7H,1,5H2,2H3. The van der Waals surface area contributed by atoms with Crippen LogP contribution in [0.1, 0.15) is 6.92 Å². The Morgan fingerprint density at radius 3 is 2.88 bits per heavy atom. The highest BCUT2D eigenvalue weighted by atomic mass is 14.7. The van der Waals surface area contributed by atoms with Gasteiger partial charge in [-0.2, -0.15) is 0 Å². The number of aliphatic imine (C=N–C) groups is 1. The van der Waals surface area contributed by atoms with Gasteiger partial charge in [0.1, 0.15) is 0 Å². The summed E-state index contributed by atoms with van der Waals surface area (Å²) in [7, 11) is 0. The zero-order valence-corrected chi connectivity index (χ0v) is 5.02. The Hall–Kier alpha value is -0.920. The third-order valence-electron chi connectivity index (χ3n) is 0.727. The summed E-state index contributed by atoms with van der Waals surface area (Å²) >= 11 is 0. The number of nitrogens with zero attached hydrogens (tertiary/aromatic N) is 1. The maximum absolute atomic E-state index is 6.60. The van der Waals surface area contributed by atoms with Crippen LogP contribution in [-0.2, 0) is 0 Å². The molecule has 0 aliphatic carbocycles. The van der Waals surface area contributed by atoms with Crippen molar-refractivity contribution in [1.82, 2.24) is 0 Å². The molecule has 0 spiro atoms. The Kier molecular flexibility index (Phi) is 3.76. The van der Waals surface area contributed by atoms with Crippen molar-refractivity contribution >= 4 is 11.9 Å². The second-order valence-corrected chi connectivity index (χ2v) is 1.39. The summed E-state index contributed by atoms with van der Waals surface area (Å²) in [6.07, 6.45) is 2.93. The quantitative estimate of drug-likeness (QED) is 0.531. The maximum Gasteiger partial charge on any atom is 0.0738 e. The molecule has 2 heteroatoms. The zero-order valence-electron chi connectivity index (χ0n) is 5.02. The average Bonchev–Trinajstić information content (AvgIpc) is 1.83. The molecule has 44 valence electrons. The van der Waals surface area contributed by atoms with Gasteiger partial charge in [0.25, 0.3) is 0 Å². The van der Waals surface area contributed by atoms with Crippen molar-refractivity contribution in [2.75, 3.05) is 6.54 Å². The van der Waals surface area contributed by atoms with Crippen LogP contribution in [0.4, 0.5) is 0 Å². The van der Waals surface area contributed by atoms with Gasteiger partial charge < -0.3 is 5.41 Å². The smallest absolute Gasteiger partial charge is 0.0738 e. The summed E-state index contributed by atoms with van der Waals surface area (Å²) in [6, 6.07) is 0. The molecule has 0 unspecified atom stereocenters. The predicted octanol–water partition coefficient (Wildman–Crippen LogP) is 1.28. The van der Waals surface area contributed by atoms with Crippen LogP contribution in [0.15, 0.2) is 17.6 Å². The van der Waals surface area contributed by atoms with Gasteiger partial charge in [-0.3, -0.25) is 4.99 Å². The topological polar surface area (TPSA) is 36.2 Å². The Bertz CT molecular complexity index is 114. The molecule has 0 aliphatic heterocycles. The molecule has 0 rings (SSSR count). The van der Waals surface area contributed by atoms with E-state index in [1.54, 1.807) is 6.08 Å². The van der Waals surface area contributed by atoms with E-state index in [9.17, 15) is 0 Å². The molecule has 0 aromatic heterocycles. The van der Waals surface area contributed by atoms with Gasteiger partial charge in [0, 0.05) is 11.9 Å². The minimum atomic E-state index is 0.470. The van der Waals surface area contributed by atoms with E-state index in [4.69, 9.17) is 5.41 Å². The van der Waals surface area contributed by atoms with Gasteiger partial charge in [0.2, 0.25) is 0 Å². The first-order valence-electron chi connectivity index (χ1n) is 2.43. The molecule has 2 nitrogen and oxygen atoms in total. The van der Waals surface area contributed by atoms with Crippen LogP contribution in [0, 0.1) is 5.41 Å². The minimum Gasteiger partial charge on any atom is -0.311 e. The van der Waals surface area contributed by atoms with Crippen LogP contribution in [-0.4, -0.2) is 18.5 Å². The van der Waals surface area contributed by atoms with Crippen molar-refractivity contribution in [2.45, 2.75) is 6.92 Å². The Labute approximate surface area is 49.5 Å². The van der Waals surface area contributed by atoms with Crippen LogP contribution in [0.5, 0.6) is 0 Å². The van der Waals surface area contributed by atoms with Gasteiger partial charge >= 0.3 is 0 Å². The zero-order chi connectivity index (χ0) is 6.41. The normalized spacial score (nSPS) is 10.9. The van der Waals surface area contributed by atoms with Gasteiger partial charge in [-0.15, -0.1) is 0 Å². The number of nitrogens with one attached hydrogen (secondary N) is 1. The summed E-state index contributed by atoms with van der Waals surface area (Å²) in [5.41, 5.74) is 0.883. The van der Waals surface area contributed by atoms with Gasteiger partial charge in [0.15, 0.2) is 0 Å². The SMILES string of the molecule is C=CC(C)=NCC=N. The molecule has 1 N–H and O–H groups in total. The van der Waals surface area contributed by atoms with Crippen molar-refractivity contribution < 1.29 is 0 Å². The van der Waals surface area contributed by atoms with E-state index >= 15 is 0 Å². The maximum atomic E-state index is 6.60. The molecule has 0 aliphatic rings. The number of hydrogen-bond donors (Lipinski definition) is 1. The van der Waals surface area contributed by atoms with E-state index in [2.05, 4.69) is 11.6 Å². The third-order valence-corrected chi connectivity index (χ3v) is 0.727. The molecule has 8 heavy (non-hydrogen) atoms. The number of rotatable bonds is 3. The largest absolute Gasteiger partial charge is 0.311 e. The lowest BCUT2D eigenvalue weighted by atomic mass is 10.4. The second kappa shape index (κ2) is 4.24. The number of hydrogen-bond acceptors (Lipinski definition) is 2. The summed E-state index contributed by atoms with van der Waals surface area (Å²) in [5.74, 6) is 0. The first kappa shape index (κ1) is 7.08. The Morgan fingerprint density at radius 2 is 2.50 bits per heavy atom. The average molecular weight is 110 g/mol. The molecule has 0 bridgehead atoms. The van der Waals surface area contributed by atoms with Crippen molar-refractivity contribution in [3.05, 3.63) is 12.7 Å². The molecular formula is C6H10N2. The molecule has 0 aromatic carbocycles. The lowest BCUT2D eigenvalue weighted by Gasteiger charge is -1.84. The molecule has 0 fully saturated rings. The van der Waals surface area contributed by atoms with Crippen molar-refractivity contribution in [3.8, 4) is 0 Å². The van der Waals surface area contributed by atoms with Gasteiger partial charge in [-0.05, 0) is 13.0 Å². The fraction of sp³-hybridized carbons (Fsp3) is 0.333. The Morgan fingerprint density at radius 1 is 1.88 bits per heavy atom. The van der Waals surface area contributed by atoms with Crippen LogP contribution in [0.3, 0.4) is 0 Å². The van der Waals surface area contributed by atoms with E-state index in [1.807, 2.05) is 6.92 Å². The molecule has 0 atom stereocenters.